The Morgan fingerprint density at radius 1 is 1.09 bits per heavy atom. The van der Waals surface area contributed by atoms with Gasteiger partial charge in [0, 0.05) is 19.6 Å². The molecule has 1 atom stereocenters. The van der Waals surface area contributed by atoms with Gasteiger partial charge in [0.05, 0.1) is 25.1 Å². The third-order valence-electron chi connectivity index (χ3n) is 5.74. The first-order chi connectivity index (χ1) is 15.5. The van der Waals surface area contributed by atoms with Crippen molar-refractivity contribution in [1.82, 2.24) is 10.2 Å². The summed E-state index contributed by atoms with van der Waals surface area (Å²) in [6.45, 7) is 3.75. The molecular weight excluding hydrogens is 406 g/mol. The number of nitrogens with zero attached hydrogens (tertiary/aromatic N) is 1. The van der Waals surface area contributed by atoms with Gasteiger partial charge in [-0.25, -0.2) is 0 Å². The minimum Gasteiger partial charge on any atom is -0.495 e. The highest BCUT2D eigenvalue weighted by Crippen LogP contribution is 2.28. The third kappa shape index (κ3) is 4.84. The van der Waals surface area contributed by atoms with E-state index in [0.717, 1.165) is 30.8 Å². The van der Waals surface area contributed by atoms with Gasteiger partial charge in [0.25, 0.3) is 0 Å². The molecule has 2 amide bonds. The van der Waals surface area contributed by atoms with Crippen LogP contribution in [0.4, 0.5) is 5.69 Å². The summed E-state index contributed by atoms with van der Waals surface area (Å²) in [5.41, 5.74) is 4.02. The number of amides is 2. The van der Waals surface area contributed by atoms with E-state index in [1.54, 1.807) is 18.4 Å². The lowest BCUT2D eigenvalue weighted by atomic mass is 9.98. The van der Waals surface area contributed by atoms with Crippen LogP contribution in [-0.4, -0.2) is 36.9 Å². The van der Waals surface area contributed by atoms with Crippen LogP contribution in [0.3, 0.4) is 0 Å². The molecule has 0 saturated heterocycles. The molecule has 0 fully saturated rings. The molecule has 7 nitrogen and oxygen atoms in total. The number of aryl methyl sites for hydroxylation is 1. The van der Waals surface area contributed by atoms with Gasteiger partial charge in [-0.1, -0.05) is 30.3 Å². The molecule has 4 rings (SSSR count). The first-order valence-corrected chi connectivity index (χ1v) is 10.6. The molecule has 32 heavy (non-hydrogen) atoms. The maximum absolute atomic E-state index is 12.6. The summed E-state index contributed by atoms with van der Waals surface area (Å²) in [5.74, 6) is -0.193. The van der Waals surface area contributed by atoms with Crippen molar-refractivity contribution in [2.75, 3.05) is 25.5 Å². The fourth-order valence-corrected chi connectivity index (χ4v) is 4.04. The Labute approximate surface area is 187 Å². The Morgan fingerprint density at radius 2 is 1.91 bits per heavy atom. The van der Waals surface area contributed by atoms with Crippen molar-refractivity contribution in [2.24, 2.45) is 0 Å². The second kappa shape index (κ2) is 9.70. The SMILES string of the molecule is COc1ccc(C)cc1NC(=O)C(=O)NCC(c1ccco1)N1CCc2ccccc2C1. The van der Waals surface area contributed by atoms with Gasteiger partial charge in [-0.3, -0.25) is 14.5 Å². The van der Waals surface area contributed by atoms with E-state index >= 15 is 0 Å². The van der Waals surface area contributed by atoms with Crippen LogP contribution in [0.15, 0.2) is 65.3 Å². The van der Waals surface area contributed by atoms with Crippen LogP contribution in [0.25, 0.3) is 0 Å². The molecule has 0 saturated carbocycles. The van der Waals surface area contributed by atoms with Gasteiger partial charge >= 0.3 is 11.8 Å². The van der Waals surface area contributed by atoms with Gasteiger partial charge in [-0.2, -0.15) is 0 Å². The van der Waals surface area contributed by atoms with E-state index in [4.69, 9.17) is 9.15 Å². The summed E-state index contributed by atoms with van der Waals surface area (Å²) >= 11 is 0. The number of methoxy groups -OCH3 is 1. The van der Waals surface area contributed by atoms with Gasteiger partial charge in [-0.05, 0) is 54.3 Å². The van der Waals surface area contributed by atoms with Crippen LogP contribution < -0.4 is 15.4 Å². The maximum Gasteiger partial charge on any atom is 0.313 e. The Hall–Kier alpha value is -3.58. The Balaban J connectivity index is 1.43. The van der Waals surface area contributed by atoms with Crippen molar-refractivity contribution >= 4 is 17.5 Å². The number of fused-ring (bicyclic) bond motifs is 1. The van der Waals surface area contributed by atoms with E-state index in [-0.39, 0.29) is 12.6 Å². The van der Waals surface area contributed by atoms with Crippen LogP contribution in [0, 0.1) is 6.92 Å². The largest absolute Gasteiger partial charge is 0.495 e. The molecule has 0 bridgehead atoms. The zero-order valence-electron chi connectivity index (χ0n) is 18.3. The molecule has 2 aromatic carbocycles. The van der Waals surface area contributed by atoms with Crippen molar-refractivity contribution in [1.29, 1.82) is 0 Å². The third-order valence-corrected chi connectivity index (χ3v) is 5.74. The lowest BCUT2D eigenvalue weighted by Crippen LogP contribution is -2.43. The van der Waals surface area contributed by atoms with E-state index in [1.807, 2.05) is 31.2 Å². The van der Waals surface area contributed by atoms with Crippen LogP contribution in [0.5, 0.6) is 5.75 Å². The molecule has 166 valence electrons. The van der Waals surface area contributed by atoms with E-state index in [1.165, 1.54) is 18.2 Å². The zero-order chi connectivity index (χ0) is 22.5. The maximum atomic E-state index is 12.6. The average Bonchev–Trinajstić information content (AvgIpc) is 3.33. The molecule has 1 aromatic heterocycles. The van der Waals surface area contributed by atoms with E-state index in [9.17, 15) is 9.59 Å². The highest BCUT2D eigenvalue weighted by molar-refractivity contribution is 6.39. The monoisotopic (exact) mass is 433 g/mol. The predicted molar refractivity (Wildman–Crippen MR) is 121 cm³/mol. The second-order valence-corrected chi connectivity index (χ2v) is 7.89. The number of furan rings is 1. The highest BCUT2D eigenvalue weighted by atomic mass is 16.5. The van der Waals surface area contributed by atoms with Crippen LogP contribution in [0.1, 0.15) is 28.5 Å². The number of benzene rings is 2. The topological polar surface area (TPSA) is 83.8 Å². The minimum absolute atomic E-state index is 0.177. The fraction of sp³-hybridized carbons (Fsp3) is 0.280. The van der Waals surface area contributed by atoms with Crippen molar-refractivity contribution in [3.8, 4) is 5.75 Å². The van der Waals surface area contributed by atoms with E-state index in [0.29, 0.717) is 11.4 Å². The smallest absolute Gasteiger partial charge is 0.313 e. The molecule has 0 aliphatic carbocycles. The highest BCUT2D eigenvalue weighted by Gasteiger charge is 2.28. The Kier molecular flexibility index (Phi) is 6.56. The van der Waals surface area contributed by atoms with E-state index < -0.39 is 11.8 Å². The number of anilines is 1. The predicted octanol–water partition coefficient (Wildman–Crippen LogP) is 3.45. The summed E-state index contributed by atoms with van der Waals surface area (Å²) < 4.78 is 10.9. The molecule has 3 aromatic rings. The summed E-state index contributed by atoms with van der Waals surface area (Å²) in [4.78, 5) is 27.4. The molecular formula is C25H27N3O4. The fourth-order valence-electron chi connectivity index (χ4n) is 4.04. The molecule has 0 radical (unpaired) electrons. The van der Waals surface area contributed by atoms with Crippen LogP contribution in [-0.2, 0) is 22.6 Å². The van der Waals surface area contributed by atoms with Crippen molar-refractivity contribution in [2.45, 2.75) is 25.9 Å². The molecule has 2 heterocycles. The second-order valence-electron chi connectivity index (χ2n) is 7.89. The normalized spacial score (nSPS) is 14.3. The molecule has 1 aliphatic rings. The lowest BCUT2D eigenvalue weighted by Gasteiger charge is -2.34. The van der Waals surface area contributed by atoms with Gasteiger partial charge in [0.15, 0.2) is 0 Å². The first kappa shape index (κ1) is 21.6. The number of ether oxygens (including phenoxy) is 1. The number of hydrogen-bond acceptors (Lipinski definition) is 5. The Bertz CT molecular complexity index is 1090. The molecule has 1 unspecified atom stereocenters. The van der Waals surface area contributed by atoms with Gasteiger partial charge in [-0.15, -0.1) is 0 Å². The average molecular weight is 434 g/mol. The quantitative estimate of drug-likeness (QED) is 0.582. The summed E-state index contributed by atoms with van der Waals surface area (Å²) in [7, 11) is 1.52. The summed E-state index contributed by atoms with van der Waals surface area (Å²) in [5, 5.41) is 5.41. The lowest BCUT2D eigenvalue weighted by molar-refractivity contribution is -0.136. The number of rotatable bonds is 6. The number of nitrogens with one attached hydrogen (secondary N) is 2. The number of carbonyl (C=O) groups excluding carboxylic acids is 2. The van der Waals surface area contributed by atoms with Crippen molar-refractivity contribution in [3.63, 3.8) is 0 Å². The summed E-state index contributed by atoms with van der Waals surface area (Å²) in [6.07, 6.45) is 2.55. The van der Waals surface area contributed by atoms with E-state index in [2.05, 4.69) is 33.7 Å². The number of carbonyl (C=O) groups is 2. The first-order valence-electron chi connectivity index (χ1n) is 10.6. The molecule has 0 spiro atoms. The summed E-state index contributed by atoms with van der Waals surface area (Å²) in [6, 6.07) is 17.3. The number of hydrogen-bond donors (Lipinski definition) is 2. The van der Waals surface area contributed by atoms with Gasteiger partial charge in [0.1, 0.15) is 11.5 Å². The van der Waals surface area contributed by atoms with Gasteiger partial charge in [0.2, 0.25) is 0 Å². The van der Waals surface area contributed by atoms with Gasteiger partial charge < -0.3 is 19.8 Å². The molecule has 7 heteroatoms. The van der Waals surface area contributed by atoms with Crippen LogP contribution in [0.2, 0.25) is 0 Å². The zero-order valence-corrected chi connectivity index (χ0v) is 18.3. The molecule has 2 N–H and O–H groups in total. The van der Waals surface area contributed by atoms with Crippen molar-refractivity contribution < 1.29 is 18.7 Å². The molecule has 1 aliphatic heterocycles. The van der Waals surface area contributed by atoms with Crippen molar-refractivity contribution in [3.05, 3.63) is 83.3 Å². The van der Waals surface area contributed by atoms with Crippen LogP contribution >= 0.6 is 0 Å². The minimum atomic E-state index is -0.740. The Morgan fingerprint density at radius 3 is 2.66 bits per heavy atom. The standard InChI is InChI=1S/C25H27N3O4/c1-17-9-10-22(31-2)20(14-17)27-25(30)24(29)26-15-21(23-8-5-13-32-23)28-12-11-18-6-3-4-7-19(18)16-28/h3-10,13-14,21H,11-12,15-16H2,1-2H3,(H,26,29)(H,27,30).